The standard InChI is InChI=1S/C20H27N3O4S2/c1-12(2)10-22-29(26,27)20-9-15-14(6-7-18(15)23-28(3,24)25)17-11-21-19(8-16(17)20)13-4-5-13/h8-9,11-13,18,22-23H,4-7,10H2,1-3H3. The van der Waals surface area contributed by atoms with E-state index in [0.29, 0.717) is 30.7 Å². The zero-order valence-electron chi connectivity index (χ0n) is 16.9. The van der Waals surface area contributed by atoms with E-state index in [9.17, 15) is 16.8 Å². The van der Waals surface area contributed by atoms with Gasteiger partial charge in [0.05, 0.1) is 11.2 Å². The molecule has 0 spiro atoms. The Morgan fingerprint density at radius 3 is 2.45 bits per heavy atom. The number of fused-ring (bicyclic) bond motifs is 3. The minimum atomic E-state index is -3.75. The largest absolute Gasteiger partial charge is 0.260 e. The highest BCUT2D eigenvalue weighted by atomic mass is 32.2. The molecule has 158 valence electrons. The van der Waals surface area contributed by atoms with Gasteiger partial charge in [0, 0.05) is 41.2 Å². The van der Waals surface area contributed by atoms with E-state index in [0.717, 1.165) is 41.3 Å². The maximum atomic E-state index is 13.2. The van der Waals surface area contributed by atoms with E-state index in [1.807, 2.05) is 19.9 Å². The third-order valence-corrected chi connectivity index (χ3v) is 7.71. The fourth-order valence-corrected chi connectivity index (χ4v) is 6.18. The summed E-state index contributed by atoms with van der Waals surface area (Å²) in [5, 5.41) is 1.48. The minimum absolute atomic E-state index is 0.175. The number of aromatic nitrogens is 1. The average Bonchev–Trinajstić information content (AvgIpc) is 3.40. The van der Waals surface area contributed by atoms with Crippen molar-refractivity contribution in [1.82, 2.24) is 14.4 Å². The van der Waals surface area contributed by atoms with Gasteiger partial charge in [0.1, 0.15) is 0 Å². The van der Waals surface area contributed by atoms with Gasteiger partial charge < -0.3 is 0 Å². The summed E-state index contributed by atoms with van der Waals surface area (Å²) < 4.78 is 55.3. The van der Waals surface area contributed by atoms with Crippen LogP contribution < -0.4 is 9.44 Å². The fourth-order valence-electron chi connectivity index (χ4n) is 3.97. The molecule has 0 bridgehead atoms. The molecule has 1 atom stereocenters. The smallest absolute Gasteiger partial charge is 0.241 e. The number of hydrogen-bond donors (Lipinski definition) is 2. The van der Waals surface area contributed by atoms with E-state index in [-0.39, 0.29) is 10.8 Å². The normalized spacial score (nSPS) is 19.8. The van der Waals surface area contributed by atoms with Crippen LogP contribution in [0, 0.1) is 5.92 Å². The van der Waals surface area contributed by atoms with Crippen molar-refractivity contribution in [3.8, 4) is 0 Å². The Morgan fingerprint density at radius 1 is 1.10 bits per heavy atom. The molecule has 0 aliphatic heterocycles. The molecule has 0 saturated heterocycles. The summed E-state index contributed by atoms with van der Waals surface area (Å²) in [6, 6.07) is 3.15. The summed E-state index contributed by atoms with van der Waals surface area (Å²) in [7, 11) is -7.16. The summed E-state index contributed by atoms with van der Waals surface area (Å²) in [4.78, 5) is 4.80. The third-order valence-electron chi connectivity index (χ3n) is 5.53. The second-order valence-corrected chi connectivity index (χ2v) is 12.1. The van der Waals surface area contributed by atoms with Crippen molar-refractivity contribution in [3.63, 3.8) is 0 Å². The van der Waals surface area contributed by atoms with Crippen molar-refractivity contribution in [2.75, 3.05) is 12.8 Å². The zero-order valence-corrected chi connectivity index (χ0v) is 18.5. The lowest BCUT2D eigenvalue weighted by molar-refractivity contribution is 0.558. The highest BCUT2D eigenvalue weighted by molar-refractivity contribution is 7.89. The molecule has 2 N–H and O–H groups in total. The van der Waals surface area contributed by atoms with Crippen LogP contribution in [0.25, 0.3) is 10.8 Å². The van der Waals surface area contributed by atoms with Crippen LogP contribution in [-0.2, 0) is 26.5 Å². The Morgan fingerprint density at radius 2 is 1.83 bits per heavy atom. The van der Waals surface area contributed by atoms with Crippen molar-refractivity contribution in [2.45, 2.75) is 56.4 Å². The quantitative estimate of drug-likeness (QED) is 0.693. The highest BCUT2D eigenvalue weighted by Crippen LogP contribution is 2.43. The van der Waals surface area contributed by atoms with E-state index in [1.165, 1.54) is 0 Å². The first-order valence-corrected chi connectivity index (χ1v) is 13.3. The fraction of sp³-hybridized carbons (Fsp3) is 0.550. The number of benzene rings is 1. The van der Waals surface area contributed by atoms with Gasteiger partial charge in [-0.05, 0) is 54.9 Å². The molecular formula is C20H27N3O4S2. The second-order valence-electron chi connectivity index (χ2n) is 8.60. The van der Waals surface area contributed by atoms with Crippen LogP contribution in [0.1, 0.15) is 61.9 Å². The number of sulfonamides is 2. The molecule has 2 aromatic rings. The Balaban J connectivity index is 1.89. The van der Waals surface area contributed by atoms with Crippen molar-refractivity contribution >= 4 is 30.8 Å². The molecule has 1 fully saturated rings. The number of aryl methyl sites for hydroxylation is 1. The van der Waals surface area contributed by atoms with Crippen LogP contribution in [0.4, 0.5) is 0 Å². The molecule has 1 aromatic carbocycles. The van der Waals surface area contributed by atoms with E-state index in [2.05, 4.69) is 14.4 Å². The number of hydrogen-bond acceptors (Lipinski definition) is 5. The Labute approximate surface area is 172 Å². The van der Waals surface area contributed by atoms with E-state index >= 15 is 0 Å². The predicted molar refractivity (Wildman–Crippen MR) is 113 cm³/mol. The summed E-state index contributed by atoms with van der Waals surface area (Å²) in [6.45, 7) is 4.24. The van der Waals surface area contributed by atoms with Gasteiger partial charge in [-0.2, -0.15) is 0 Å². The molecule has 9 heteroatoms. The van der Waals surface area contributed by atoms with Crippen LogP contribution in [0.15, 0.2) is 23.2 Å². The van der Waals surface area contributed by atoms with Gasteiger partial charge in [-0.3, -0.25) is 4.98 Å². The predicted octanol–water partition coefficient (Wildman–Crippen LogP) is 2.58. The molecule has 1 unspecified atom stereocenters. The van der Waals surface area contributed by atoms with Crippen molar-refractivity contribution in [2.24, 2.45) is 5.92 Å². The van der Waals surface area contributed by atoms with Gasteiger partial charge in [-0.25, -0.2) is 26.3 Å². The van der Waals surface area contributed by atoms with Crippen LogP contribution in [0.2, 0.25) is 0 Å². The second kappa shape index (κ2) is 7.30. The van der Waals surface area contributed by atoms with Crippen LogP contribution in [0.5, 0.6) is 0 Å². The third kappa shape index (κ3) is 4.33. The van der Waals surface area contributed by atoms with Crippen molar-refractivity contribution in [1.29, 1.82) is 0 Å². The van der Waals surface area contributed by atoms with Gasteiger partial charge >= 0.3 is 0 Å². The monoisotopic (exact) mass is 437 g/mol. The Kier molecular flexibility index (Phi) is 5.21. The Hall–Kier alpha value is -1.55. The number of nitrogens with zero attached hydrogens (tertiary/aromatic N) is 1. The van der Waals surface area contributed by atoms with Crippen LogP contribution in [0.3, 0.4) is 0 Å². The van der Waals surface area contributed by atoms with E-state index < -0.39 is 26.1 Å². The van der Waals surface area contributed by atoms with Gasteiger partial charge in [0.25, 0.3) is 0 Å². The molecule has 1 aromatic heterocycles. The maximum Gasteiger partial charge on any atom is 0.241 e. The number of nitrogens with one attached hydrogen (secondary N) is 2. The molecule has 2 aliphatic carbocycles. The molecular weight excluding hydrogens is 410 g/mol. The average molecular weight is 438 g/mol. The zero-order chi connectivity index (χ0) is 21.0. The van der Waals surface area contributed by atoms with Gasteiger partial charge in [-0.1, -0.05) is 13.8 Å². The van der Waals surface area contributed by atoms with Crippen molar-refractivity contribution < 1.29 is 16.8 Å². The number of rotatable bonds is 7. The summed E-state index contributed by atoms with van der Waals surface area (Å²) in [5.74, 6) is 0.584. The minimum Gasteiger partial charge on any atom is -0.260 e. The molecule has 0 amide bonds. The van der Waals surface area contributed by atoms with Gasteiger partial charge in [0.15, 0.2) is 0 Å². The molecule has 29 heavy (non-hydrogen) atoms. The molecule has 1 heterocycles. The lowest BCUT2D eigenvalue weighted by atomic mass is 10.0. The summed E-state index contributed by atoms with van der Waals surface area (Å²) in [6.07, 6.45) is 6.34. The molecule has 2 aliphatic rings. The van der Waals surface area contributed by atoms with Crippen LogP contribution >= 0.6 is 0 Å². The van der Waals surface area contributed by atoms with Gasteiger partial charge in [-0.15, -0.1) is 0 Å². The summed E-state index contributed by atoms with van der Waals surface area (Å²) in [5.41, 5.74) is 2.65. The first kappa shape index (κ1) is 20.7. The lowest BCUT2D eigenvalue weighted by Crippen LogP contribution is -2.28. The highest BCUT2D eigenvalue weighted by Gasteiger charge is 2.32. The van der Waals surface area contributed by atoms with Crippen LogP contribution in [-0.4, -0.2) is 34.6 Å². The van der Waals surface area contributed by atoms with E-state index in [1.54, 1.807) is 12.3 Å². The molecule has 7 nitrogen and oxygen atoms in total. The molecule has 4 rings (SSSR count). The molecule has 0 radical (unpaired) electrons. The maximum absolute atomic E-state index is 13.2. The lowest BCUT2D eigenvalue weighted by Gasteiger charge is -2.17. The number of pyridine rings is 1. The Bertz CT molecular complexity index is 1170. The van der Waals surface area contributed by atoms with Gasteiger partial charge in [0.2, 0.25) is 20.0 Å². The van der Waals surface area contributed by atoms with E-state index in [4.69, 9.17) is 0 Å². The molecule has 1 saturated carbocycles. The van der Waals surface area contributed by atoms with Crippen molar-refractivity contribution in [3.05, 3.63) is 35.2 Å². The first-order valence-electron chi connectivity index (χ1n) is 9.97. The summed E-state index contributed by atoms with van der Waals surface area (Å²) >= 11 is 0. The SMILES string of the molecule is CC(C)CNS(=O)(=O)c1cc2c(c3cnc(C4CC4)cc13)CCC2NS(C)(=O)=O. The topological polar surface area (TPSA) is 105 Å². The first-order chi connectivity index (χ1) is 13.5.